The van der Waals surface area contributed by atoms with Gasteiger partial charge in [0.05, 0.1) is 11.4 Å². The molecule has 1 fully saturated rings. The van der Waals surface area contributed by atoms with Crippen molar-refractivity contribution in [1.82, 2.24) is 0 Å². The van der Waals surface area contributed by atoms with Crippen molar-refractivity contribution < 1.29 is 8.78 Å². The van der Waals surface area contributed by atoms with E-state index in [1.165, 1.54) is 0 Å². The topological polar surface area (TPSA) is 15.3 Å². The van der Waals surface area contributed by atoms with Crippen molar-refractivity contribution in [2.75, 3.05) is 29.9 Å². The van der Waals surface area contributed by atoms with Crippen LogP contribution in [0.3, 0.4) is 0 Å². The van der Waals surface area contributed by atoms with Crippen LogP contribution in [0.4, 0.5) is 20.2 Å². The van der Waals surface area contributed by atoms with Crippen molar-refractivity contribution in [2.24, 2.45) is 5.92 Å². The summed E-state index contributed by atoms with van der Waals surface area (Å²) in [6, 6.07) is 8.14. The van der Waals surface area contributed by atoms with Crippen LogP contribution in [0.25, 0.3) is 0 Å². The van der Waals surface area contributed by atoms with Gasteiger partial charge in [-0.1, -0.05) is 12.1 Å². The van der Waals surface area contributed by atoms with E-state index in [-0.39, 0.29) is 18.8 Å². The Labute approximate surface area is 112 Å². The standard InChI is InChI=1S/C15H20F2N2/c16-15(17)7-3-4-12(10-15)11-19-9-8-18-13-5-1-2-6-14(13)19/h1-2,5-6,12,18H,3-4,7-11H2. The first-order valence-electron chi connectivity index (χ1n) is 7.10. The zero-order chi connectivity index (χ0) is 13.3. The van der Waals surface area contributed by atoms with Crippen molar-refractivity contribution in [3.63, 3.8) is 0 Å². The number of alkyl halides is 2. The van der Waals surface area contributed by atoms with Gasteiger partial charge in [-0.15, -0.1) is 0 Å². The number of nitrogens with zero attached hydrogens (tertiary/aromatic N) is 1. The number of rotatable bonds is 2. The number of fused-ring (bicyclic) bond motifs is 1. The van der Waals surface area contributed by atoms with Gasteiger partial charge in [-0.2, -0.15) is 0 Å². The first kappa shape index (κ1) is 12.7. The van der Waals surface area contributed by atoms with Gasteiger partial charge in [0.15, 0.2) is 0 Å². The summed E-state index contributed by atoms with van der Waals surface area (Å²) in [6.45, 7) is 2.55. The second-order valence-electron chi connectivity index (χ2n) is 5.71. The number of halogens is 2. The molecule has 4 heteroatoms. The Morgan fingerprint density at radius 2 is 2.16 bits per heavy atom. The molecule has 3 rings (SSSR count). The molecule has 1 aliphatic heterocycles. The third-order valence-electron chi connectivity index (χ3n) is 4.16. The normalized spacial score (nSPS) is 25.6. The van der Waals surface area contributed by atoms with E-state index in [0.29, 0.717) is 6.42 Å². The quantitative estimate of drug-likeness (QED) is 0.877. The van der Waals surface area contributed by atoms with Gasteiger partial charge < -0.3 is 10.2 Å². The molecule has 0 aromatic heterocycles. The van der Waals surface area contributed by atoms with Crippen LogP contribution in [0.15, 0.2) is 24.3 Å². The fraction of sp³-hybridized carbons (Fsp3) is 0.600. The highest BCUT2D eigenvalue weighted by atomic mass is 19.3. The smallest absolute Gasteiger partial charge is 0.248 e. The minimum atomic E-state index is -2.45. The molecule has 2 nitrogen and oxygen atoms in total. The SMILES string of the molecule is FC1(F)CCCC(CN2CCNc3ccccc32)C1. The molecule has 0 spiro atoms. The van der Waals surface area contributed by atoms with Crippen LogP contribution >= 0.6 is 0 Å². The van der Waals surface area contributed by atoms with Crippen molar-refractivity contribution in [3.05, 3.63) is 24.3 Å². The van der Waals surface area contributed by atoms with Gasteiger partial charge in [-0.3, -0.25) is 0 Å². The number of benzene rings is 1. The van der Waals surface area contributed by atoms with Gasteiger partial charge in [0.2, 0.25) is 5.92 Å². The Kier molecular flexibility index (Phi) is 3.33. The van der Waals surface area contributed by atoms with Crippen LogP contribution in [0.5, 0.6) is 0 Å². The average molecular weight is 266 g/mol. The largest absolute Gasteiger partial charge is 0.382 e. The first-order valence-corrected chi connectivity index (χ1v) is 7.10. The predicted molar refractivity (Wildman–Crippen MR) is 74.0 cm³/mol. The molecule has 0 amide bonds. The lowest BCUT2D eigenvalue weighted by atomic mass is 9.86. The molecule has 1 N–H and O–H groups in total. The zero-order valence-electron chi connectivity index (χ0n) is 11.0. The van der Waals surface area contributed by atoms with Crippen LogP contribution in [0.2, 0.25) is 0 Å². The summed E-state index contributed by atoms with van der Waals surface area (Å²) in [5.74, 6) is -2.33. The lowest BCUT2D eigenvalue weighted by Crippen LogP contribution is -2.40. The monoisotopic (exact) mass is 266 g/mol. The Morgan fingerprint density at radius 3 is 3.00 bits per heavy atom. The van der Waals surface area contributed by atoms with Crippen LogP contribution < -0.4 is 10.2 Å². The van der Waals surface area contributed by atoms with Crippen molar-refractivity contribution in [2.45, 2.75) is 31.6 Å². The number of hydrogen-bond donors (Lipinski definition) is 1. The molecule has 2 aliphatic rings. The second kappa shape index (κ2) is 4.99. The Hall–Kier alpha value is -1.32. The summed E-state index contributed by atoms with van der Waals surface area (Å²) in [4.78, 5) is 2.26. The molecular weight excluding hydrogens is 246 g/mol. The second-order valence-corrected chi connectivity index (χ2v) is 5.71. The fourth-order valence-electron chi connectivity index (χ4n) is 3.28. The third kappa shape index (κ3) is 2.82. The van der Waals surface area contributed by atoms with Crippen LogP contribution in [0.1, 0.15) is 25.7 Å². The van der Waals surface area contributed by atoms with E-state index in [1.54, 1.807) is 0 Å². The van der Waals surface area contributed by atoms with Crippen molar-refractivity contribution >= 4 is 11.4 Å². The molecule has 1 aliphatic carbocycles. The van der Waals surface area contributed by atoms with Crippen molar-refractivity contribution in [1.29, 1.82) is 0 Å². The molecule has 0 radical (unpaired) electrons. The number of anilines is 2. The molecule has 1 heterocycles. The van der Waals surface area contributed by atoms with E-state index < -0.39 is 5.92 Å². The summed E-state index contributed by atoms with van der Waals surface area (Å²) in [6.07, 6.45) is 1.72. The molecule has 0 saturated heterocycles. The molecule has 1 atom stereocenters. The van der Waals surface area contributed by atoms with Crippen LogP contribution in [0, 0.1) is 5.92 Å². The molecule has 1 aromatic rings. The summed E-state index contributed by atoms with van der Waals surface area (Å²) < 4.78 is 26.9. The van der Waals surface area contributed by atoms with Gasteiger partial charge in [-0.05, 0) is 30.9 Å². The van der Waals surface area contributed by atoms with E-state index in [1.807, 2.05) is 12.1 Å². The molecular formula is C15H20F2N2. The third-order valence-corrected chi connectivity index (χ3v) is 4.16. The van der Waals surface area contributed by atoms with Gasteiger partial charge in [0.1, 0.15) is 0 Å². The highest BCUT2D eigenvalue weighted by Gasteiger charge is 2.37. The first-order chi connectivity index (χ1) is 9.14. The summed E-state index contributed by atoms with van der Waals surface area (Å²) in [5, 5.41) is 3.36. The summed E-state index contributed by atoms with van der Waals surface area (Å²) in [7, 11) is 0. The van der Waals surface area contributed by atoms with E-state index in [0.717, 1.165) is 37.4 Å². The van der Waals surface area contributed by atoms with Crippen molar-refractivity contribution in [3.8, 4) is 0 Å². The molecule has 104 valence electrons. The molecule has 19 heavy (non-hydrogen) atoms. The Bertz CT molecular complexity index is 448. The van der Waals surface area contributed by atoms with Crippen LogP contribution in [-0.2, 0) is 0 Å². The summed E-state index contributed by atoms with van der Waals surface area (Å²) in [5.41, 5.74) is 2.28. The number of nitrogens with one attached hydrogen (secondary N) is 1. The van der Waals surface area contributed by atoms with E-state index >= 15 is 0 Å². The lowest BCUT2D eigenvalue weighted by molar-refractivity contribution is -0.0510. The minimum Gasteiger partial charge on any atom is -0.382 e. The van der Waals surface area contributed by atoms with E-state index in [2.05, 4.69) is 22.3 Å². The van der Waals surface area contributed by atoms with Gasteiger partial charge >= 0.3 is 0 Å². The number of hydrogen-bond acceptors (Lipinski definition) is 2. The maximum absolute atomic E-state index is 13.5. The predicted octanol–water partition coefficient (Wildman–Crippen LogP) is 3.74. The van der Waals surface area contributed by atoms with Gasteiger partial charge in [0, 0.05) is 32.5 Å². The minimum absolute atomic E-state index is 0.0547. The number of para-hydroxylation sites is 2. The molecule has 0 bridgehead atoms. The lowest BCUT2D eigenvalue weighted by Gasteiger charge is -2.37. The Morgan fingerprint density at radius 1 is 1.32 bits per heavy atom. The van der Waals surface area contributed by atoms with Crippen LogP contribution in [-0.4, -0.2) is 25.6 Å². The fourth-order valence-corrected chi connectivity index (χ4v) is 3.28. The Balaban J connectivity index is 1.71. The van der Waals surface area contributed by atoms with Gasteiger partial charge in [0.25, 0.3) is 0 Å². The van der Waals surface area contributed by atoms with E-state index in [4.69, 9.17) is 0 Å². The van der Waals surface area contributed by atoms with E-state index in [9.17, 15) is 8.78 Å². The maximum Gasteiger partial charge on any atom is 0.248 e. The highest BCUT2D eigenvalue weighted by Crippen LogP contribution is 2.38. The molecule has 1 unspecified atom stereocenters. The summed E-state index contributed by atoms with van der Waals surface area (Å²) >= 11 is 0. The highest BCUT2D eigenvalue weighted by molar-refractivity contribution is 5.71. The zero-order valence-corrected chi connectivity index (χ0v) is 11.0. The molecule has 1 aromatic carbocycles. The maximum atomic E-state index is 13.5. The van der Waals surface area contributed by atoms with Gasteiger partial charge in [-0.25, -0.2) is 8.78 Å². The molecule has 1 saturated carbocycles. The average Bonchev–Trinajstić information content (AvgIpc) is 2.38.